The molecule has 3 fully saturated rings. The lowest BCUT2D eigenvalue weighted by Gasteiger charge is -2.32. The van der Waals surface area contributed by atoms with Crippen molar-refractivity contribution in [2.75, 3.05) is 29.9 Å². The second kappa shape index (κ2) is 16.5. The van der Waals surface area contributed by atoms with Gasteiger partial charge in [0.15, 0.2) is 5.82 Å². The van der Waals surface area contributed by atoms with E-state index in [-0.39, 0.29) is 29.9 Å². The Hall–Kier alpha value is -5.17. The molecule has 2 N–H and O–H groups in total. The van der Waals surface area contributed by atoms with Gasteiger partial charge < -0.3 is 5.32 Å². The predicted molar refractivity (Wildman–Crippen MR) is 210 cm³/mol. The van der Waals surface area contributed by atoms with E-state index in [1.807, 2.05) is 24.9 Å². The molecule has 12 nitrogen and oxygen atoms in total. The lowest BCUT2D eigenvalue weighted by molar-refractivity contribution is -0.142. The van der Waals surface area contributed by atoms with E-state index in [0.717, 1.165) is 81.5 Å². The Morgan fingerprint density at radius 2 is 1.71 bits per heavy atom. The highest BCUT2D eigenvalue weighted by molar-refractivity contribution is 8.00. The molecule has 3 aliphatic rings. The number of nitrogens with one attached hydrogen (secondary N) is 2. The molecule has 5 aromatic rings. The lowest BCUT2D eigenvalue weighted by atomic mass is 9.89. The van der Waals surface area contributed by atoms with Crippen molar-refractivity contribution in [3.63, 3.8) is 0 Å². The molecular weight excluding hydrogens is 799 g/mol. The van der Waals surface area contributed by atoms with Gasteiger partial charge >= 0.3 is 18.4 Å². The van der Waals surface area contributed by atoms with Crippen LogP contribution in [0.3, 0.4) is 0 Å². The van der Waals surface area contributed by atoms with E-state index in [1.54, 1.807) is 4.68 Å². The molecule has 0 unspecified atom stereocenters. The van der Waals surface area contributed by atoms with Gasteiger partial charge in [0.25, 0.3) is 0 Å². The van der Waals surface area contributed by atoms with Gasteiger partial charge in [0.1, 0.15) is 12.1 Å². The normalized spacial score (nSPS) is 20.0. The van der Waals surface area contributed by atoms with Crippen molar-refractivity contribution >= 4 is 46.4 Å². The first-order valence-corrected chi connectivity index (χ1v) is 20.4. The van der Waals surface area contributed by atoms with Gasteiger partial charge in [0, 0.05) is 66.1 Å². The molecule has 1 aliphatic carbocycles. The largest absolute Gasteiger partial charge is 0.419 e. The molecule has 312 valence electrons. The SMILES string of the molecule is Cn1nc(N2CCC(=O)NC2=O)c2ccc(C3CCN(Cc4cccc(SC5CCC(Nc6ncc(C(F)(F)F)c(-c7cnn(CC(F)(F)F)c7)n6)CC5)c4)CC3)cc21. The number of thioether (sulfide) groups is 1. The fourth-order valence-electron chi connectivity index (χ4n) is 8.21. The van der Waals surface area contributed by atoms with Crippen LogP contribution in [0, 0.1) is 0 Å². The minimum Gasteiger partial charge on any atom is -0.351 e. The van der Waals surface area contributed by atoms with Crippen molar-refractivity contribution in [3.8, 4) is 11.3 Å². The number of piperidine rings is 1. The molecule has 0 atom stereocenters. The first-order chi connectivity index (χ1) is 28.1. The van der Waals surface area contributed by atoms with Crippen molar-refractivity contribution in [1.82, 2.24) is 39.7 Å². The molecule has 59 heavy (non-hydrogen) atoms. The number of imide groups is 1. The summed E-state index contributed by atoms with van der Waals surface area (Å²) in [6.07, 6.45) is -1.35. The first-order valence-electron chi connectivity index (χ1n) is 19.5. The van der Waals surface area contributed by atoms with Gasteiger partial charge in [0.05, 0.1) is 17.4 Å². The van der Waals surface area contributed by atoms with E-state index in [1.165, 1.54) is 20.9 Å². The third kappa shape index (κ3) is 9.51. The van der Waals surface area contributed by atoms with Gasteiger partial charge in [0.2, 0.25) is 11.9 Å². The minimum atomic E-state index is -4.81. The Bertz CT molecular complexity index is 2330. The van der Waals surface area contributed by atoms with E-state index < -0.39 is 36.2 Å². The summed E-state index contributed by atoms with van der Waals surface area (Å²) in [5.41, 5.74) is 1.59. The maximum absolute atomic E-state index is 13.8. The van der Waals surface area contributed by atoms with E-state index in [0.29, 0.717) is 34.4 Å². The average molecular weight is 841 g/mol. The summed E-state index contributed by atoms with van der Waals surface area (Å²) in [5.74, 6) is 0.666. The minimum absolute atomic E-state index is 0.0159. The standard InChI is InChI=1S/C40H42F6N10O2S/c1-53-33-18-26(5-10-31(33)36(52-53)56-16-13-34(57)50-38(56)58)25-11-14-54(15-12-25)21-24-3-2-4-30(17-24)59-29-8-6-28(7-9-29)49-37-47-20-32(40(44,45)46)35(51-37)27-19-48-55(22-27)23-39(41,42)43/h2-5,10,17-20,22,25,28-29H,6-9,11-16,21,23H2,1H3,(H,47,49,51)(H,50,57,58). The van der Waals surface area contributed by atoms with Gasteiger partial charge in [-0.25, -0.2) is 14.8 Å². The zero-order chi connectivity index (χ0) is 41.5. The number of hydrogen-bond acceptors (Lipinski definition) is 9. The molecule has 0 radical (unpaired) electrons. The van der Waals surface area contributed by atoms with Crippen LogP contribution in [0.1, 0.15) is 67.6 Å². The zero-order valence-corrected chi connectivity index (χ0v) is 32.9. The van der Waals surface area contributed by atoms with Crippen LogP contribution >= 0.6 is 11.8 Å². The van der Waals surface area contributed by atoms with Crippen LogP contribution in [0.15, 0.2) is 66.0 Å². The van der Waals surface area contributed by atoms with Crippen LogP contribution in [0.4, 0.5) is 42.9 Å². The van der Waals surface area contributed by atoms with Crippen LogP contribution in [0.2, 0.25) is 0 Å². The Labute approximate surface area is 339 Å². The van der Waals surface area contributed by atoms with Crippen molar-refractivity contribution in [2.45, 2.75) is 92.5 Å². The van der Waals surface area contributed by atoms with Gasteiger partial charge in [-0.1, -0.05) is 18.2 Å². The maximum Gasteiger partial charge on any atom is 0.419 e. The van der Waals surface area contributed by atoms with Crippen LogP contribution < -0.4 is 15.5 Å². The summed E-state index contributed by atoms with van der Waals surface area (Å²) in [7, 11) is 1.87. The highest BCUT2D eigenvalue weighted by Crippen LogP contribution is 2.39. The molecular formula is C40H42F6N10O2S. The smallest absolute Gasteiger partial charge is 0.351 e. The van der Waals surface area contributed by atoms with E-state index >= 15 is 0 Å². The van der Waals surface area contributed by atoms with Crippen LogP contribution in [-0.2, 0) is 31.1 Å². The summed E-state index contributed by atoms with van der Waals surface area (Å²) in [5, 5.41) is 15.0. The number of amides is 3. The molecule has 2 aliphatic heterocycles. The number of alkyl halides is 6. The molecule has 2 aromatic carbocycles. The lowest BCUT2D eigenvalue weighted by Crippen LogP contribution is -2.49. The Morgan fingerprint density at radius 3 is 2.44 bits per heavy atom. The average Bonchev–Trinajstić information content (AvgIpc) is 3.78. The van der Waals surface area contributed by atoms with Gasteiger partial charge in [-0.15, -0.1) is 11.8 Å². The van der Waals surface area contributed by atoms with Crippen LogP contribution in [0.25, 0.3) is 22.2 Å². The van der Waals surface area contributed by atoms with Crippen LogP contribution in [0.5, 0.6) is 0 Å². The summed E-state index contributed by atoms with van der Waals surface area (Å²) < 4.78 is 82.3. The van der Waals surface area contributed by atoms with Gasteiger partial charge in [-0.3, -0.25) is 29.3 Å². The molecule has 0 bridgehead atoms. The first kappa shape index (κ1) is 40.6. The number of likely N-dealkylation sites (tertiary alicyclic amines) is 1. The number of carbonyl (C=O) groups is 2. The number of carbonyl (C=O) groups excluding carboxylic acids is 2. The molecule has 3 aromatic heterocycles. The Balaban J connectivity index is 0.826. The number of fused-ring (bicyclic) bond motifs is 1. The fraction of sp³-hybridized carbons (Fsp3) is 0.450. The number of aryl methyl sites for hydroxylation is 1. The number of rotatable bonds is 10. The monoisotopic (exact) mass is 840 g/mol. The molecule has 5 heterocycles. The molecule has 1 saturated carbocycles. The topological polar surface area (TPSA) is 126 Å². The second-order valence-electron chi connectivity index (χ2n) is 15.4. The molecule has 8 rings (SSSR count). The van der Waals surface area contributed by atoms with Crippen molar-refractivity contribution in [1.29, 1.82) is 0 Å². The van der Waals surface area contributed by atoms with Gasteiger partial charge in [-0.05, 0) is 92.9 Å². The van der Waals surface area contributed by atoms with Crippen molar-refractivity contribution in [2.24, 2.45) is 7.05 Å². The number of anilines is 2. The molecule has 0 spiro atoms. The van der Waals surface area contributed by atoms with Crippen LogP contribution in [-0.4, -0.2) is 83.5 Å². The number of halogens is 6. The molecule has 19 heteroatoms. The highest BCUT2D eigenvalue weighted by atomic mass is 32.2. The highest BCUT2D eigenvalue weighted by Gasteiger charge is 2.37. The quantitative estimate of drug-likeness (QED) is 0.134. The van der Waals surface area contributed by atoms with E-state index in [4.69, 9.17) is 0 Å². The number of urea groups is 1. The fourth-order valence-corrected chi connectivity index (χ4v) is 9.48. The number of benzene rings is 2. The van der Waals surface area contributed by atoms with E-state index in [9.17, 15) is 35.9 Å². The van der Waals surface area contributed by atoms with Crippen molar-refractivity contribution in [3.05, 3.63) is 77.7 Å². The molecule has 2 saturated heterocycles. The predicted octanol–water partition coefficient (Wildman–Crippen LogP) is 8.15. The zero-order valence-electron chi connectivity index (χ0n) is 32.1. The number of hydrogen-bond donors (Lipinski definition) is 2. The number of aromatic nitrogens is 6. The van der Waals surface area contributed by atoms with E-state index in [2.05, 4.69) is 72.1 Å². The van der Waals surface area contributed by atoms with Gasteiger partial charge in [-0.2, -0.15) is 36.5 Å². The second-order valence-corrected chi connectivity index (χ2v) is 16.8. The van der Waals surface area contributed by atoms with Crippen molar-refractivity contribution < 1.29 is 35.9 Å². The third-order valence-corrected chi connectivity index (χ3v) is 12.5. The Morgan fingerprint density at radius 1 is 0.932 bits per heavy atom. The summed E-state index contributed by atoms with van der Waals surface area (Å²) in [4.78, 5) is 37.3. The summed E-state index contributed by atoms with van der Waals surface area (Å²) in [6, 6.07) is 14.4. The summed E-state index contributed by atoms with van der Waals surface area (Å²) >= 11 is 1.83. The maximum atomic E-state index is 13.8. The number of nitrogens with zero attached hydrogens (tertiary/aromatic N) is 8. The third-order valence-electron chi connectivity index (χ3n) is 11.2. The molecule has 3 amide bonds. The Kier molecular flexibility index (Phi) is 11.3. The summed E-state index contributed by atoms with van der Waals surface area (Å²) in [6.45, 7) is 1.64.